The minimum Gasteiger partial charge on any atom is -0.435 e. The van der Waals surface area contributed by atoms with E-state index in [9.17, 15) is 0 Å². The molecule has 16 heavy (non-hydrogen) atoms. The van der Waals surface area contributed by atoms with Crippen LogP contribution in [0.3, 0.4) is 0 Å². The first-order chi connectivity index (χ1) is 7.66. The van der Waals surface area contributed by atoms with Crippen LogP contribution in [0.4, 0.5) is 5.69 Å². The second kappa shape index (κ2) is 4.55. The standard InChI is InChI=1S/C10H7Cl2N3O/c11-6-3-1-2-4-8(6)16-9-7(13)5-14-10(12)15-9/h1-5H,13H2. The lowest BCUT2D eigenvalue weighted by molar-refractivity contribution is 0.464. The lowest BCUT2D eigenvalue weighted by Crippen LogP contribution is -1.97. The van der Waals surface area contributed by atoms with Crippen molar-refractivity contribution in [2.24, 2.45) is 0 Å². The number of rotatable bonds is 2. The minimum absolute atomic E-state index is 0.0660. The second-order valence-corrected chi connectivity index (χ2v) is 3.68. The van der Waals surface area contributed by atoms with Crippen molar-refractivity contribution in [3.63, 3.8) is 0 Å². The number of aromatic nitrogens is 2. The van der Waals surface area contributed by atoms with Crippen molar-refractivity contribution in [2.45, 2.75) is 0 Å². The molecule has 0 fully saturated rings. The molecule has 0 aliphatic rings. The van der Waals surface area contributed by atoms with Crippen LogP contribution in [0.25, 0.3) is 0 Å². The molecule has 0 spiro atoms. The van der Waals surface area contributed by atoms with Crippen LogP contribution in [0.2, 0.25) is 10.3 Å². The highest BCUT2D eigenvalue weighted by Crippen LogP contribution is 2.30. The second-order valence-electron chi connectivity index (χ2n) is 2.93. The van der Waals surface area contributed by atoms with Gasteiger partial charge in [-0.25, -0.2) is 4.98 Å². The summed E-state index contributed by atoms with van der Waals surface area (Å²) in [4.78, 5) is 7.58. The summed E-state index contributed by atoms with van der Waals surface area (Å²) in [5.41, 5.74) is 5.93. The van der Waals surface area contributed by atoms with Crippen LogP contribution in [0.15, 0.2) is 30.5 Å². The third-order valence-corrected chi connectivity index (χ3v) is 2.29. The lowest BCUT2D eigenvalue weighted by atomic mass is 10.3. The molecule has 0 saturated carbocycles. The van der Waals surface area contributed by atoms with Gasteiger partial charge < -0.3 is 10.5 Å². The maximum atomic E-state index is 5.92. The van der Waals surface area contributed by atoms with E-state index in [0.29, 0.717) is 16.5 Å². The number of nitrogens with zero attached hydrogens (tertiary/aromatic N) is 2. The lowest BCUT2D eigenvalue weighted by Gasteiger charge is -2.07. The van der Waals surface area contributed by atoms with Gasteiger partial charge in [0.05, 0.1) is 11.2 Å². The van der Waals surface area contributed by atoms with E-state index in [2.05, 4.69) is 9.97 Å². The van der Waals surface area contributed by atoms with E-state index >= 15 is 0 Å². The van der Waals surface area contributed by atoms with Gasteiger partial charge in [-0.05, 0) is 23.7 Å². The van der Waals surface area contributed by atoms with Gasteiger partial charge in [-0.1, -0.05) is 23.7 Å². The largest absolute Gasteiger partial charge is 0.435 e. The summed E-state index contributed by atoms with van der Waals surface area (Å²) >= 11 is 11.6. The smallest absolute Gasteiger partial charge is 0.247 e. The Labute approximate surface area is 102 Å². The Balaban J connectivity index is 2.34. The van der Waals surface area contributed by atoms with Crippen molar-refractivity contribution in [2.75, 3.05) is 5.73 Å². The number of hydrogen-bond acceptors (Lipinski definition) is 4. The zero-order chi connectivity index (χ0) is 11.5. The van der Waals surface area contributed by atoms with Crippen LogP contribution < -0.4 is 10.5 Å². The van der Waals surface area contributed by atoms with Gasteiger partial charge in [-0.15, -0.1) is 0 Å². The summed E-state index contributed by atoms with van der Waals surface area (Å²) in [7, 11) is 0. The molecule has 0 radical (unpaired) electrons. The van der Waals surface area contributed by atoms with E-state index in [0.717, 1.165) is 0 Å². The van der Waals surface area contributed by atoms with Crippen LogP contribution >= 0.6 is 23.2 Å². The minimum atomic E-state index is 0.0660. The monoisotopic (exact) mass is 255 g/mol. The molecule has 4 nitrogen and oxygen atoms in total. The summed E-state index contributed by atoms with van der Waals surface area (Å²) in [6.07, 6.45) is 1.38. The Morgan fingerprint density at radius 1 is 1.19 bits per heavy atom. The molecule has 82 valence electrons. The molecule has 2 rings (SSSR count). The van der Waals surface area contributed by atoms with Gasteiger partial charge >= 0.3 is 0 Å². The van der Waals surface area contributed by atoms with E-state index < -0.39 is 0 Å². The van der Waals surface area contributed by atoms with Gasteiger partial charge in [-0.2, -0.15) is 4.98 Å². The molecule has 0 atom stereocenters. The van der Waals surface area contributed by atoms with E-state index in [1.165, 1.54) is 6.20 Å². The molecule has 0 amide bonds. The molecule has 0 aliphatic heterocycles. The normalized spacial score (nSPS) is 10.1. The summed E-state index contributed by atoms with van der Waals surface area (Å²) in [5.74, 6) is 0.652. The molecular formula is C10H7Cl2N3O. The summed E-state index contributed by atoms with van der Waals surface area (Å²) in [6.45, 7) is 0. The molecule has 2 aromatic rings. The van der Waals surface area contributed by atoms with Crippen molar-refractivity contribution >= 4 is 28.9 Å². The fourth-order valence-electron chi connectivity index (χ4n) is 1.07. The van der Waals surface area contributed by atoms with Crippen LogP contribution in [-0.2, 0) is 0 Å². The first kappa shape index (κ1) is 11.0. The molecule has 6 heteroatoms. The Bertz CT molecular complexity index is 519. The number of benzene rings is 1. The summed E-state index contributed by atoms with van der Waals surface area (Å²) in [6, 6.07) is 7.00. The first-order valence-electron chi connectivity index (χ1n) is 4.37. The number of hydrogen-bond donors (Lipinski definition) is 1. The van der Waals surface area contributed by atoms with Gasteiger partial charge in [0, 0.05) is 0 Å². The van der Waals surface area contributed by atoms with Crippen LogP contribution in [0, 0.1) is 0 Å². The van der Waals surface area contributed by atoms with Crippen molar-refractivity contribution in [1.29, 1.82) is 0 Å². The molecule has 1 heterocycles. The number of para-hydroxylation sites is 1. The number of nitrogens with two attached hydrogens (primary N) is 1. The highest BCUT2D eigenvalue weighted by atomic mass is 35.5. The number of ether oxygens (including phenoxy) is 1. The average molecular weight is 256 g/mol. The van der Waals surface area contributed by atoms with Crippen LogP contribution in [0.1, 0.15) is 0 Å². The SMILES string of the molecule is Nc1cnc(Cl)nc1Oc1ccccc1Cl. The fraction of sp³-hybridized carbons (Fsp3) is 0. The molecule has 0 unspecified atom stereocenters. The average Bonchev–Trinajstić information content (AvgIpc) is 2.27. The van der Waals surface area contributed by atoms with E-state index in [1.807, 2.05) is 0 Å². The molecule has 1 aromatic heterocycles. The highest BCUT2D eigenvalue weighted by molar-refractivity contribution is 6.32. The predicted molar refractivity (Wildman–Crippen MR) is 63.0 cm³/mol. The third kappa shape index (κ3) is 2.35. The molecule has 0 aliphatic carbocycles. The zero-order valence-corrected chi connectivity index (χ0v) is 9.53. The fourth-order valence-corrected chi connectivity index (χ4v) is 1.37. The third-order valence-electron chi connectivity index (χ3n) is 1.79. The molecule has 2 N–H and O–H groups in total. The number of anilines is 1. The zero-order valence-electron chi connectivity index (χ0n) is 8.02. The topological polar surface area (TPSA) is 61.0 Å². The summed E-state index contributed by atoms with van der Waals surface area (Å²) in [5, 5.41) is 0.535. The number of halogens is 2. The van der Waals surface area contributed by atoms with Crippen molar-refractivity contribution in [3.8, 4) is 11.6 Å². The van der Waals surface area contributed by atoms with Crippen LogP contribution in [-0.4, -0.2) is 9.97 Å². The molecular weight excluding hydrogens is 249 g/mol. The van der Waals surface area contributed by atoms with Gasteiger partial charge in [0.2, 0.25) is 11.2 Å². The van der Waals surface area contributed by atoms with E-state index in [-0.39, 0.29) is 11.2 Å². The highest BCUT2D eigenvalue weighted by Gasteiger charge is 2.08. The Morgan fingerprint density at radius 2 is 1.94 bits per heavy atom. The summed E-state index contributed by atoms with van der Waals surface area (Å²) < 4.78 is 5.43. The van der Waals surface area contributed by atoms with Crippen molar-refractivity contribution in [3.05, 3.63) is 40.8 Å². The van der Waals surface area contributed by atoms with Gasteiger partial charge in [-0.3, -0.25) is 0 Å². The Kier molecular flexibility index (Phi) is 3.12. The quantitative estimate of drug-likeness (QED) is 0.838. The Morgan fingerprint density at radius 3 is 2.69 bits per heavy atom. The maximum Gasteiger partial charge on any atom is 0.247 e. The van der Waals surface area contributed by atoms with Crippen LogP contribution in [0.5, 0.6) is 11.6 Å². The van der Waals surface area contributed by atoms with Gasteiger partial charge in [0.25, 0.3) is 0 Å². The molecule has 0 bridgehead atoms. The van der Waals surface area contributed by atoms with Crippen molar-refractivity contribution in [1.82, 2.24) is 9.97 Å². The number of nitrogen functional groups attached to an aromatic ring is 1. The van der Waals surface area contributed by atoms with E-state index in [4.69, 9.17) is 33.7 Å². The Hall–Kier alpha value is -1.52. The van der Waals surface area contributed by atoms with Crippen molar-refractivity contribution < 1.29 is 4.74 Å². The maximum absolute atomic E-state index is 5.92. The van der Waals surface area contributed by atoms with E-state index in [1.54, 1.807) is 24.3 Å². The molecule has 0 saturated heterocycles. The van der Waals surface area contributed by atoms with Gasteiger partial charge in [0.15, 0.2) is 0 Å². The predicted octanol–water partition coefficient (Wildman–Crippen LogP) is 3.16. The first-order valence-corrected chi connectivity index (χ1v) is 5.13. The molecule has 1 aromatic carbocycles. The van der Waals surface area contributed by atoms with Gasteiger partial charge in [0.1, 0.15) is 11.4 Å².